The van der Waals surface area contributed by atoms with Crippen molar-refractivity contribution >= 4 is 0 Å². The maximum Gasteiger partial charge on any atom is 0.119 e. The lowest BCUT2D eigenvalue weighted by molar-refractivity contribution is 0.0574. The van der Waals surface area contributed by atoms with Crippen LogP contribution in [0.2, 0.25) is 0 Å². The SMILES string of the molecule is COc1cc(C)c(C2(O)CCNC2)c(C)c1. The van der Waals surface area contributed by atoms with E-state index in [4.69, 9.17) is 4.74 Å². The first kappa shape index (κ1) is 11.4. The van der Waals surface area contributed by atoms with Gasteiger partial charge in [-0.25, -0.2) is 0 Å². The molecule has 0 aliphatic carbocycles. The number of hydrogen-bond donors (Lipinski definition) is 2. The largest absolute Gasteiger partial charge is 0.497 e. The lowest BCUT2D eigenvalue weighted by Crippen LogP contribution is -2.30. The van der Waals surface area contributed by atoms with Gasteiger partial charge in [0.2, 0.25) is 0 Å². The van der Waals surface area contributed by atoms with E-state index < -0.39 is 5.60 Å². The van der Waals surface area contributed by atoms with Crippen molar-refractivity contribution < 1.29 is 9.84 Å². The molecule has 88 valence electrons. The van der Waals surface area contributed by atoms with E-state index in [2.05, 4.69) is 5.32 Å². The average Bonchev–Trinajstić information content (AvgIpc) is 2.64. The predicted molar refractivity (Wildman–Crippen MR) is 63.9 cm³/mol. The second-order valence-electron chi connectivity index (χ2n) is 4.59. The summed E-state index contributed by atoms with van der Waals surface area (Å²) in [6.45, 7) is 5.57. The lowest BCUT2D eigenvalue weighted by atomic mass is 9.86. The van der Waals surface area contributed by atoms with Gasteiger partial charge in [0, 0.05) is 6.54 Å². The van der Waals surface area contributed by atoms with Gasteiger partial charge in [0.05, 0.1) is 7.11 Å². The monoisotopic (exact) mass is 221 g/mol. The van der Waals surface area contributed by atoms with Gasteiger partial charge < -0.3 is 15.2 Å². The first-order valence-electron chi connectivity index (χ1n) is 5.65. The fourth-order valence-corrected chi connectivity index (χ4v) is 2.67. The Kier molecular flexibility index (Phi) is 2.91. The topological polar surface area (TPSA) is 41.5 Å². The molecule has 1 aliphatic rings. The van der Waals surface area contributed by atoms with Crippen molar-refractivity contribution in [3.05, 3.63) is 28.8 Å². The van der Waals surface area contributed by atoms with Gasteiger partial charge in [0.15, 0.2) is 0 Å². The maximum absolute atomic E-state index is 10.6. The third kappa shape index (κ3) is 1.81. The van der Waals surface area contributed by atoms with Gasteiger partial charge in [-0.05, 0) is 55.6 Å². The fourth-order valence-electron chi connectivity index (χ4n) is 2.67. The molecule has 0 spiro atoms. The Morgan fingerprint density at radius 2 is 1.94 bits per heavy atom. The Bertz CT molecular complexity index is 372. The zero-order valence-electron chi connectivity index (χ0n) is 10.1. The second kappa shape index (κ2) is 4.07. The highest BCUT2D eigenvalue weighted by Gasteiger charge is 2.35. The third-order valence-corrected chi connectivity index (χ3v) is 3.34. The molecular weight excluding hydrogens is 202 g/mol. The smallest absolute Gasteiger partial charge is 0.119 e. The molecule has 0 bridgehead atoms. The summed E-state index contributed by atoms with van der Waals surface area (Å²) in [5, 5.41) is 13.8. The van der Waals surface area contributed by atoms with Crippen LogP contribution in [-0.4, -0.2) is 25.3 Å². The average molecular weight is 221 g/mol. The second-order valence-corrected chi connectivity index (χ2v) is 4.59. The van der Waals surface area contributed by atoms with Crippen LogP contribution in [0.25, 0.3) is 0 Å². The number of benzene rings is 1. The van der Waals surface area contributed by atoms with Crippen molar-refractivity contribution in [1.29, 1.82) is 0 Å². The zero-order chi connectivity index (χ0) is 11.8. The van der Waals surface area contributed by atoms with Gasteiger partial charge in [0.1, 0.15) is 11.4 Å². The van der Waals surface area contributed by atoms with Crippen molar-refractivity contribution in [2.45, 2.75) is 25.9 Å². The summed E-state index contributed by atoms with van der Waals surface area (Å²) in [6, 6.07) is 3.97. The third-order valence-electron chi connectivity index (χ3n) is 3.34. The number of ether oxygens (including phenoxy) is 1. The maximum atomic E-state index is 10.6. The Balaban J connectivity index is 2.48. The van der Waals surface area contributed by atoms with E-state index in [9.17, 15) is 5.11 Å². The predicted octanol–water partition coefficient (Wildman–Crippen LogP) is 1.49. The molecule has 1 aliphatic heterocycles. The molecule has 3 heteroatoms. The molecule has 1 heterocycles. The molecule has 0 radical (unpaired) electrons. The number of aliphatic hydroxyl groups is 1. The summed E-state index contributed by atoms with van der Waals surface area (Å²) in [5.41, 5.74) is 2.55. The Labute approximate surface area is 96.4 Å². The minimum atomic E-state index is -0.708. The number of hydrogen-bond acceptors (Lipinski definition) is 3. The van der Waals surface area contributed by atoms with Crippen LogP contribution in [0.5, 0.6) is 5.75 Å². The molecule has 2 N–H and O–H groups in total. The number of β-amino-alcohol motifs (C(OH)–C–C–N with tert-alkyl or cyclic N) is 1. The summed E-state index contributed by atoms with van der Waals surface area (Å²) < 4.78 is 5.23. The molecular formula is C13H19NO2. The quantitative estimate of drug-likeness (QED) is 0.795. The molecule has 1 unspecified atom stereocenters. The van der Waals surface area contributed by atoms with Crippen molar-refractivity contribution in [2.75, 3.05) is 20.2 Å². The van der Waals surface area contributed by atoms with E-state index in [0.717, 1.165) is 35.4 Å². The molecule has 3 nitrogen and oxygen atoms in total. The van der Waals surface area contributed by atoms with Crippen LogP contribution in [0.15, 0.2) is 12.1 Å². The van der Waals surface area contributed by atoms with Gasteiger partial charge in [-0.15, -0.1) is 0 Å². The Hall–Kier alpha value is -1.06. The van der Waals surface area contributed by atoms with E-state index in [1.54, 1.807) is 7.11 Å². The van der Waals surface area contributed by atoms with Crippen molar-refractivity contribution in [3.63, 3.8) is 0 Å². The summed E-state index contributed by atoms with van der Waals surface area (Å²) in [5.74, 6) is 0.855. The lowest BCUT2D eigenvalue weighted by Gasteiger charge is -2.26. The van der Waals surface area contributed by atoms with Crippen molar-refractivity contribution in [2.24, 2.45) is 0 Å². The van der Waals surface area contributed by atoms with E-state index >= 15 is 0 Å². The Morgan fingerprint density at radius 3 is 2.38 bits per heavy atom. The van der Waals surface area contributed by atoms with E-state index in [-0.39, 0.29) is 0 Å². The first-order chi connectivity index (χ1) is 7.57. The molecule has 0 saturated carbocycles. The number of methoxy groups -OCH3 is 1. The molecule has 2 rings (SSSR count). The standard InChI is InChI=1S/C13H19NO2/c1-9-6-11(16-3)7-10(2)12(9)13(15)4-5-14-8-13/h6-7,14-15H,4-5,8H2,1-3H3. The molecule has 16 heavy (non-hydrogen) atoms. The normalized spacial score (nSPS) is 24.8. The van der Waals surface area contributed by atoms with Gasteiger partial charge in [0.25, 0.3) is 0 Å². The fraction of sp³-hybridized carbons (Fsp3) is 0.538. The highest BCUT2D eigenvalue weighted by Crippen LogP contribution is 2.34. The summed E-state index contributed by atoms with van der Waals surface area (Å²) in [4.78, 5) is 0. The molecule has 1 aromatic rings. The summed E-state index contributed by atoms with van der Waals surface area (Å²) >= 11 is 0. The van der Waals surface area contributed by atoms with Crippen LogP contribution in [0.4, 0.5) is 0 Å². The minimum absolute atomic E-state index is 0.640. The first-order valence-corrected chi connectivity index (χ1v) is 5.65. The molecule has 1 aromatic carbocycles. The van der Waals surface area contributed by atoms with E-state index in [1.807, 2.05) is 26.0 Å². The van der Waals surface area contributed by atoms with Crippen LogP contribution < -0.4 is 10.1 Å². The summed E-state index contributed by atoms with van der Waals surface area (Å²) in [6.07, 6.45) is 0.779. The van der Waals surface area contributed by atoms with Crippen LogP contribution >= 0.6 is 0 Å². The van der Waals surface area contributed by atoms with Crippen molar-refractivity contribution in [3.8, 4) is 5.75 Å². The highest BCUT2D eigenvalue weighted by molar-refractivity contribution is 5.45. The van der Waals surface area contributed by atoms with Gasteiger partial charge >= 0.3 is 0 Å². The number of rotatable bonds is 2. The van der Waals surface area contributed by atoms with Gasteiger partial charge in [-0.1, -0.05) is 0 Å². The van der Waals surface area contributed by atoms with E-state index in [0.29, 0.717) is 6.54 Å². The zero-order valence-corrected chi connectivity index (χ0v) is 10.1. The van der Waals surface area contributed by atoms with Crippen LogP contribution in [0, 0.1) is 13.8 Å². The minimum Gasteiger partial charge on any atom is -0.497 e. The van der Waals surface area contributed by atoms with Crippen LogP contribution in [-0.2, 0) is 5.60 Å². The molecule has 1 saturated heterocycles. The molecule has 0 amide bonds. The van der Waals surface area contributed by atoms with Crippen molar-refractivity contribution in [1.82, 2.24) is 5.32 Å². The van der Waals surface area contributed by atoms with Gasteiger partial charge in [-0.2, -0.15) is 0 Å². The molecule has 0 aromatic heterocycles. The number of nitrogens with one attached hydrogen (secondary N) is 1. The van der Waals surface area contributed by atoms with Crippen LogP contribution in [0.3, 0.4) is 0 Å². The Morgan fingerprint density at radius 1 is 1.31 bits per heavy atom. The highest BCUT2D eigenvalue weighted by atomic mass is 16.5. The molecule has 1 fully saturated rings. The number of aryl methyl sites for hydroxylation is 2. The van der Waals surface area contributed by atoms with E-state index in [1.165, 1.54) is 0 Å². The molecule has 1 atom stereocenters. The summed E-state index contributed by atoms with van der Waals surface area (Å²) in [7, 11) is 1.67. The van der Waals surface area contributed by atoms with Gasteiger partial charge in [-0.3, -0.25) is 0 Å². The van der Waals surface area contributed by atoms with Crippen LogP contribution in [0.1, 0.15) is 23.1 Å².